The van der Waals surface area contributed by atoms with Crippen LogP contribution >= 0.6 is 0 Å². The molecule has 33 heavy (non-hydrogen) atoms. The van der Waals surface area contributed by atoms with E-state index in [2.05, 4.69) is 15.7 Å². The van der Waals surface area contributed by atoms with Gasteiger partial charge in [-0.3, -0.25) is 14.4 Å². The van der Waals surface area contributed by atoms with Gasteiger partial charge < -0.3 is 20.8 Å². The summed E-state index contributed by atoms with van der Waals surface area (Å²) in [5.41, 5.74) is 2.05. The number of allylic oxidation sites excluding steroid dienone is 1. The van der Waals surface area contributed by atoms with Gasteiger partial charge in [-0.15, -0.1) is 0 Å². The zero-order chi connectivity index (χ0) is 24.0. The van der Waals surface area contributed by atoms with Crippen molar-refractivity contribution in [2.45, 2.75) is 20.4 Å². The van der Waals surface area contributed by atoms with Gasteiger partial charge in [0.2, 0.25) is 0 Å². The van der Waals surface area contributed by atoms with Crippen molar-refractivity contribution in [1.29, 1.82) is 0 Å². The second-order valence-electron chi connectivity index (χ2n) is 7.03. The number of benzene rings is 2. The SMILES string of the molecule is C/C=N\N1C(C(=O)NCC(=O)O)=C(O)c2cccc(C(=O)NCc3ccccc3)c2/C1=C\C. The Bertz CT molecular complexity index is 1170. The highest BCUT2D eigenvalue weighted by Crippen LogP contribution is 2.39. The maximum Gasteiger partial charge on any atom is 0.322 e. The predicted molar refractivity (Wildman–Crippen MR) is 124 cm³/mol. The van der Waals surface area contributed by atoms with E-state index in [-0.39, 0.29) is 17.2 Å². The van der Waals surface area contributed by atoms with E-state index in [1.807, 2.05) is 30.3 Å². The molecule has 0 aromatic heterocycles. The van der Waals surface area contributed by atoms with E-state index >= 15 is 0 Å². The molecule has 0 unspecified atom stereocenters. The van der Waals surface area contributed by atoms with Crippen LogP contribution in [0.25, 0.3) is 11.5 Å². The van der Waals surface area contributed by atoms with Crippen molar-refractivity contribution in [3.05, 3.63) is 82.6 Å². The summed E-state index contributed by atoms with van der Waals surface area (Å²) in [5, 5.41) is 30.4. The van der Waals surface area contributed by atoms with Crippen LogP contribution in [0.15, 0.2) is 65.4 Å². The number of hydrazone groups is 1. The lowest BCUT2D eigenvalue weighted by molar-refractivity contribution is -0.137. The standard InChI is InChI=1S/C24H24N4O5/c1-3-18-20-16(22(31)21(28(18)27-4-2)24(33)26-14-19(29)30)11-8-12-17(20)23(32)25-13-15-9-6-5-7-10-15/h3-12,31H,13-14H2,1-2H3,(H,25,32)(H,26,33)(H,29,30)/b18-3+,27-4-. The van der Waals surface area contributed by atoms with Crippen molar-refractivity contribution in [3.8, 4) is 0 Å². The molecule has 1 aliphatic rings. The number of carbonyl (C=O) groups is 3. The van der Waals surface area contributed by atoms with Gasteiger partial charge in [0.25, 0.3) is 11.8 Å². The summed E-state index contributed by atoms with van der Waals surface area (Å²) in [6.45, 7) is 3.03. The van der Waals surface area contributed by atoms with Crippen molar-refractivity contribution < 1.29 is 24.6 Å². The summed E-state index contributed by atoms with van der Waals surface area (Å²) >= 11 is 0. The summed E-state index contributed by atoms with van der Waals surface area (Å²) in [6.07, 6.45) is 3.08. The number of aliphatic hydroxyl groups excluding tert-OH is 1. The Balaban J connectivity index is 2.06. The van der Waals surface area contributed by atoms with Crippen molar-refractivity contribution in [1.82, 2.24) is 15.6 Å². The Morgan fingerprint density at radius 3 is 2.36 bits per heavy atom. The molecule has 9 nitrogen and oxygen atoms in total. The second-order valence-corrected chi connectivity index (χ2v) is 7.03. The number of hydrogen-bond acceptors (Lipinski definition) is 6. The maximum atomic E-state index is 13.1. The van der Waals surface area contributed by atoms with Crippen LogP contribution in [0, 0.1) is 0 Å². The fourth-order valence-corrected chi connectivity index (χ4v) is 3.49. The Labute approximate surface area is 190 Å². The normalized spacial score (nSPS) is 14.4. The van der Waals surface area contributed by atoms with Crippen molar-refractivity contribution in [2.75, 3.05) is 6.54 Å². The molecule has 2 amide bonds. The minimum Gasteiger partial charge on any atom is -0.505 e. The molecule has 0 fully saturated rings. The smallest absolute Gasteiger partial charge is 0.322 e. The van der Waals surface area contributed by atoms with Gasteiger partial charge in [0, 0.05) is 29.4 Å². The van der Waals surface area contributed by atoms with E-state index < -0.39 is 24.2 Å². The van der Waals surface area contributed by atoms with Gasteiger partial charge in [-0.25, -0.2) is 5.01 Å². The van der Waals surface area contributed by atoms with Crippen molar-refractivity contribution >= 4 is 35.5 Å². The molecule has 2 aromatic rings. The third-order valence-corrected chi connectivity index (χ3v) is 4.90. The van der Waals surface area contributed by atoms with E-state index in [0.29, 0.717) is 23.4 Å². The third-order valence-electron chi connectivity index (χ3n) is 4.90. The fourth-order valence-electron chi connectivity index (χ4n) is 3.49. The highest BCUT2D eigenvalue weighted by atomic mass is 16.4. The summed E-state index contributed by atoms with van der Waals surface area (Å²) in [7, 11) is 0. The Morgan fingerprint density at radius 2 is 1.73 bits per heavy atom. The summed E-state index contributed by atoms with van der Waals surface area (Å²) < 4.78 is 0. The number of fused-ring (bicyclic) bond motifs is 1. The number of aliphatic hydroxyl groups is 1. The zero-order valence-corrected chi connectivity index (χ0v) is 18.2. The molecule has 3 rings (SSSR count). The molecule has 4 N–H and O–H groups in total. The molecule has 0 saturated heterocycles. The van der Waals surface area contributed by atoms with Crippen LogP contribution in [0.3, 0.4) is 0 Å². The van der Waals surface area contributed by atoms with Gasteiger partial charge in [-0.05, 0) is 25.5 Å². The maximum absolute atomic E-state index is 13.1. The first-order chi connectivity index (χ1) is 15.9. The Hall–Kier alpha value is -4.40. The van der Waals surface area contributed by atoms with Gasteiger partial charge in [0.15, 0.2) is 11.5 Å². The van der Waals surface area contributed by atoms with Gasteiger partial charge >= 0.3 is 5.97 Å². The summed E-state index contributed by atoms with van der Waals surface area (Å²) in [6, 6.07) is 14.2. The average Bonchev–Trinajstić information content (AvgIpc) is 2.82. The molecule has 0 aliphatic carbocycles. The largest absolute Gasteiger partial charge is 0.505 e. The Morgan fingerprint density at radius 1 is 1.00 bits per heavy atom. The fraction of sp³-hybridized carbons (Fsp3) is 0.167. The van der Waals surface area contributed by atoms with Crippen LogP contribution in [0.5, 0.6) is 0 Å². The lowest BCUT2D eigenvalue weighted by Crippen LogP contribution is -2.38. The molecule has 0 saturated carbocycles. The van der Waals surface area contributed by atoms with Gasteiger partial charge in [-0.1, -0.05) is 48.5 Å². The molecular weight excluding hydrogens is 424 g/mol. The third kappa shape index (κ3) is 4.93. The molecule has 0 atom stereocenters. The number of nitrogens with zero attached hydrogens (tertiary/aromatic N) is 2. The van der Waals surface area contributed by atoms with E-state index in [1.54, 1.807) is 38.1 Å². The topological polar surface area (TPSA) is 131 Å². The summed E-state index contributed by atoms with van der Waals surface area (Å²) in [4.78, 5) is 36.7. The molecular formula is C24H24N4O5. The van der Waals surface area contributed by atoms with Crippen molar-refractivity contribution in [3.63, 3.8) is 0 Å². The van der Waals surface area contributed by atoms with Crippen LogP contribution < -0.4 is 10.6 Å². The number of rotatable bonds is 7. The number of carboxylic acids is 1. The van der Waals surface area contributed by atoms with E-state index in [0.717, 1.165) is 5.56 Å². The number of aliphatic carboxylic acids is 1. The lowest BCUT2D eigenvalue weighted by Gasteiger charge is -2.31. The monoisotopic (exact) mass is 448 g/mol. The minimum atomic E-state index is -1.23. The quantitative estimate of drug-likeness (QED) is 0.482. The number of carbonyl (C=O) groups excluding carboxylic acids is 2. The van der Waals surface area contributed by atoms with Gasteiger partial charge in [0.1, 0.15) is 6.54 Å². The lowest BCUT2D eigenvalue weighted by atomic mass is 9.91. The van der Waals surface area contributed by atoms with Crippen molar-refractivity contribution in [2.24, 2.45) is 5.10 Å². The summed E-state index contributed by atoms with van der Waals surface area (Å²) in [5.74, 6) is -2.82. The van der Waals surface area contributed by atoms with E-state index in [4.69, 9.17) is 5.11 Å². The van der Waals surface area contributed by atoms with Crippen LogP contribution in [0.2, 0.25) is 0 Å². The van der Waals surface area contributed by atoms with E-state index in [1.165, 1.54) is 11.2 Å². The van der Waals surface area contributed by atoms with E-state index in [9.17, 15) is 19.5 Å². The molecule has 1 aliphatic heterocycles. The first kappa shape index (κ1) is 23.3. The number of hydrogen-bond donors (Lipinski definition) is 4. The highest BCUT2D eigenvalue weighted by Gasteiger charge is 2.35. The van der Waals surface area contributed by atoms with Gasteiger partial charge in [-0.2, -0.15) is 5.10 Å². The second kappa shape index (κ2) is 10.3. The highest BCUT2D eigenvalue weighted by molar-refractivity contribution is 6.08. The molecule has 9 heteroatoms. The zero-order valence-electron chi connectivity index (χ0n) is 18.2. The van der Waals surface area contributed by atoms with Crippen LogP contribution in [0.4, 0.5) is 0 Å². The molecule has 0 radical (unpaired) electrons. The number of nitrogens with one attached hydrogen (secondary N) is 2. The van der Waals surface area contributed by atoms with Crippen LogP contribution in [-0.2, 0) is 16.1 Å². The molecule has 0 bridgehead atoms. The number of carboxylic acid groups (broad SMARTS) is 1. The number of amides is 2. The van der Waals surface area contributed by atoms with Crippen LogP contribution in [-0.4, -0.2) is 45.8 Å². The van der Waals surface area contributed by atoms with Crippen LogP contribution in [0.1, 0.15) is 40.9 Å². The molecule has 170 valence electrons. The first-order valence-electron chi connectivity index (χ1n) is 10.2. The minimum absolute atomic E-state index is 0.239. The van der Waals surface area contributed by atoms with Gasteiger partial charge in [0.05, 0.1) is 5.70 Å². The average molecular weight is 448 g/mol. The predicted octanol–water partition coefficient (Wildman–Crippen LogP) is 2.73. The first-order valence-corrected chi connectivity index (χ1v) is 10.2. The molecule has 1 heterocycles. The molecule has 2 aromatic carbocycles. The Kier molecular flexibility index (Phi) is 7.24. The molecule has 0 spiro atoms.